The predicted molar refractivity (Wildman–Crippen MR) is 40.0 cm³/mol. The smallest absolute Gasteiger partial charge is 0.406 e. The normalized spacial score (nSPS) is 9.82. The van der Waals surface area contributed by atoms with Crippen LogP contribution in [-0.2, 0) is 9.57 Å². The van der Waals surface area contributed by atoms with Gasteiger partial charge in [0.05, 0.1) is 13.7 Å². The third-order valence-electron chi connectivity index (χ3n) is 1.16. The maximum atomic E-state index is 10.5. The molecule has 0 aliphatic heterocycles. The molecule has 0 bridgehead atoms. The third-order valence-corrected chi connectivity index (χ3v) is 1.16. The van der Waals surface area contributed by atoms with Gasteiger partial charge in [-0.05, 0) is 0 Å². The van der Waals surface area contributed by atoms with Gasteiger partial charge in [0.15, 0.2) is 0 Å². The first-order valence-corrected chi connectivity index (χ1v) is 3.30. The van der Waals surface area contributed by atoms with E-state index in [2.05, 4.69) is 5.32 Å². The molecule has 0 aliphatic carbocycles. The van der Waals surface area contributed by atoms with Gasteiger partial charge < -0.3 is 14.9 Å². The van der Waals surface area contributed by atoms with Crippen LogP contribution in [0.1, 0.15) is 0 Å². The van der Waals surface area contributed by atoms with Crippen LogP contribution in [0.15, 0.2) is 0 Å². The zero-order valence-corrected chi connectivity index (χ0v) is 7.09. The Hall–Kier alpha value is -0.810. The highest BCUT2D eigenvalue weighted by Crippen LogP contribution is 1.82. The fourth-order valence-electron chi connectivity index (χ4n) is 0.430. The third kappa shape index (κ3) is 5.63. The largest absolute Gasteiger partial charge is 0.448 e. The zero-order valence-electron chi connectivity index (χ0n) is 7.09. The van der Waals surface area contributed by atoms with E-state index in [-0.39, 0.29) is 0 Å². The van der Waals surface area contributed by atoms with Gasteiger partial charge in [0.1, 0.15) is 6.61 Å². The fourth-order valence-corrected chi connectivity index (χ4v) is 0.430. The summed E-state index contributed by atoms with van der Waals surface area (Å²) in [4.78, 5) is 15.3. The summed E-state index contributed by atoms with van der Waals surface area (Å²) in [7, 11) is 4.83. The molecule has 0 aromatic rings. The molecule has 0 aromatic carbocycles. The topological polar surface area (TPSA) is 50.8 Å². The average molecular weight is 162 g/mol. The monoisotopic (exact) mass is 162 g/mol. The Kier molecular flexibility index (Phi) is 5.50. The molecule has 0 unspecified atom stereocenters. The maximum Gasteiger partial charge on any atom is 0.406 e. The van der Waals surface area contributed by atoms with Crippen molar-refractivity contribution in [2.75, 3.05) is 34.4 Å². The van der Waals surface area contributed by atoms with Crippen molar-refractivity contribution < 1.29 is 14.4 Å². The molecule has 0 atom stereocenters. The molecule has 0 saturated carbocycles. The molecule has 0 aliphatic rings. The number of hydrogen-bond acceptors (Lipinski definition) is 4. The van der Waals surface area contributed by atoms with Gasteiger partial charge in [0.25, 0.3) is 0 Å². The highest BCUT2D eigenvalue weighted by atomic mass is 16.7. The molecule has 0 fully saturated rings. The molecule has 0 aromatic heterocycles. The highest BCUT2D eigenvalue weighted by Gasteiger charge is 1.98. The number of alkyl carbamates (subject to hydrolysis) is 1. The summed E-state index contributed by atoms with van der Waals surface area (Å²) in [6.45, 7) is 0.883. The van der Waals surface area contributed by atoms with E-state index in [1.54, 1.807) is 19.2 Å². The van der Waals surface area contributed by atoms with Crippen molar-refractivity contribution >= 4 is 6.09 Å². The van der Waals surface area contributed by atoms with Crippen LogP contribution in [0.4, 0.5) is 4.79 Å². The minimum absolute atomic E-state index is 0.323. The van der Waals surface area contributed by atoms with E-state index in [1.807, 2.05) is 0 Å². The summed E-state index contributed by atoms with van der Waals surface area (Å²) in [6, 6.07) is 0. The molecular weight excluding hydrogens is 148 g/mol. The Bertz CT molecular complexity index is 118. The van der Waals surface area contributed by atoms with E-state index in [0.29, 0.717) is 13.2 Å². The van der Waals surface area contributed by atoms with E-state index >= 15 is 0 Å². The second-order valence-corrected chi connectivity index (χ2v) is 1.92. The summed E-state index contributed by atoms with van der Waals surface area (Å²) in [5.74, 6) is 0. The van der Waals surface area contributed by atoms with Crippen LogP contribution in [0.3, 0.4) is 0 Å². The lowest BCUT2D eigenvalue weighted by Crippen LogP contribution is -2.26. The van der Waals surface area contributed by atoms with Crippen LogP contribution in [-0.4, -0.2) is 45.5 Å². The van der Waals surface area contributed by atoms with Crippen LogP contribution in [0.5, 0.6) is 0 Å². The number of ether oxygens (including phenoxy) is 1. The molecule has 1 N–H and O–H groups in total. The fraction of sp³-hybridized carbons (Fsp3) is 0.833. The Balaban J connectivity index is 3.20. The Morgan fingerprint density at radius 1 is 1.64 bits per heavy atom. The highest BCUT2D eigenvalue weighted by molar-refractivity contribution is 5.66. The molecule has 0 radical (unpaired) electrons. The molecule has 0 saturated heterocycles. The first kappa shape index (κ1) is 10.2. The van der Waals surface area contributed by atoms with Crippen molar-refractivity contribution in [1.82, 2.24) is 10.4 Å². The average Bonchev–Trinajstić information content (AvgIpc) is 2.04. The molecule has 5 heteroatoms. The molecule has 0 heterocycles. The number of hydrogen-bond donors (Lipinski definition) is 1. The van der Waals surface area contributed by atoms with Crippen LogP contribution in [0, 0.1) is 0 Å². The molecular formula is C6H14N2O3. The van der Waals surface area contributed by atoms with Crippen LogP contribution in [0.2, 0.25) is 0 Å². The van der Waals surface area contributed by atoms with E-state index in [1.165, 1.54) is 7.05 Å². The quantitative estimate of drug-likeness (QED) is 0.583. The van der Waals surface area contributed by atoms with Crippen LogP contribution >= 0.6 is 0 Å². The van der Waals surface area contributed by atoms with Gasteiger partial charge in [-0.1, -0.05) is 0 Å². The number of carbonyl (C=O) groups excluding carboxylic acids is 1. The number of hydroxylamine groups is 2. The van der Waals surface area contributed by atoms with Crippen molar-refractivity contribution in [3.63, 3.8) is 0 Å². The molecule has 0 rings (SSSR count). The lowest BCUT2D eigenvalue weighted by atomic mass is 10.7. The van der Waals surface area contributed by atoms with Gasteiger partial charge in [0, 0.05) is 14.1 Å². The summed E-state index contributed by atoms with van der Waals surface area (Å²) < 4.78 is 4.69. The number of likely N-dealkylation sites (N-methyl/N-ethyl adjacent to an activating group) is 1. The zero-order chi connectivity index (χ0) is 8.69. The summed E-state index contributed by atoms with van der Waals surface area (Å²) in [5, 5.41) is 3.91. The molecule has 5 nitrogen and oxygen atoms in total. The maximum absolute atomic E-state index is 10.5. The molecule has 11 heavy (non-hydrogen) atoms. The summed E-state index contributed by atoms with van der Waals surface area (Å²) >= 11 is 0. The van der Waals surface area contributed by atoms with E-state index in [9.17, 15) is 4.79 Å². The van der Waals surface area contributed by atoms with Crippen LogP contribution in [0.25, 0.3) is 0 Å². The van der Waals surface area contributed by atoms with Crippen molar-refractivity contribution in [3.05, 3.63) is 0 Å². The van der Waals surface area contributed by atoms with E-state index in [4.69, 9.17) is 9.57 Å². The lowest BCUT2D eigenvalue weighted by Gasteiger charge is -2.12. The van der Waals surface area contributed by atoms with Gasteiger partial charge in [-0.3, -0.25) is 0 Å². The van der Waals surface area contributed by atoms with Gasteiger partial charge in [-0.25, -0.2) is 4.79 Å². The van der Waals surface area contributed by atoms with E-state index in [0.717, 1.165) is 0 Å². The van der Waals surface area contributed by atoms with Gasteiger partial charge in [-0.15, -0.1) is 0 Å². The Morgan fingerprint density at radius 2 is 2.27 bits per heavy atom. The minimum atomic E-state index is -0.422. The lowest BCUT2D eigenvalue weighted by molar-refractivity contribution is -0.115. The molecule has 66 valence electrons. The SMILES string of the molecule is CNC(=O)OCCN(C)OC. The van der Waals surface area contributed by atoms with Crippen molar-refractivity contribution in [1.29, 1.82) is 0 Å². The van der Waals surface area contributed by atoms with Crippen LogP contribution < -0.4 is 5.32 Å². The Morgan fingerprint density at radius 3 is 2.73 bits per heavy atom. The standard InChI is InChI=1S/C6H14N2O3/c1-7-6(9)11-5-4-8(2)10-3/h4-5H2,1-3H3,(H,7,9). The first-order valence-electron chi connectivity index (χ1n) is 3.30. The first-order chi connectivity index (χ1) is 5.20. The molecule has 1 amide bonds. The van der Waals surface area contributed by atoms with Gasteiger partial charge in [0.2, 0.25) is 0 Å². The summed E-state index contributed by atoms with van der Waals surface area (Å²) in [6.07, 6.45) is -0.422. The number of nitrogens with one attached hydrogen (secondary N) is 1. The predicted octanol–water partition coefficient (Wildman–Crippen LogP) is -0.164. The molecule has 0 spiro atoms. The Labute approximate surface area is 66.2 Å². The van der Waals surface area contributed by atoms with Gasteiger partial charge >= 0.3 is 6.09 Å². The minimum Gasteiger partial charge on any atom is -0.448 e. The van der Waals surface area contributed by atoms with Crippen molar-refractivity contribution in [2.24, 2.45) is 0 Å². The van der Waals surface area contributed by atoms with Gasteiger partial charge in [-0.2, -0.15) is 5.06 Å². The van der Waals surface area contributed by atoms with Crippen molar-refractivity contribution in [2.45, 2.75) is 0 Å². The van der Waals surface area contributed by atoms with Crippen molar-refractivity contribution in [3.8, 4) is 0 Å². The second-order valence-electron chi connectivity index (χ2n) is 1.92. The second kappa shape index (κ2) is 5.94. The number of rotatable bonds is 4. The number of carbonyl (C=O) groups is 1. The number of nitrogens with zero attached hydrogens (tertiary/aromatic N) is 1. The summed E-state index contributed by atoms with van der Waals surface area (Å²) in [5.41, 5.74) is 0. The van der Waals surface area contributed by atoms with E-state index < -0.39 is 6.09 Å². The number of amides is 1.